The number of benzene rings is 2. The normalized spacial score (nSPS) is 11.5. The summed E-state index contributed by atoms with van der Waals surface area (Å²) in [6.45, 7) is 6.67. The molecule has 0 fully saturated rings. The van der Waals surface area contributed by atoms with Gasteiger partial charge >= 0.3 is 0 Å². The van der Waals surface area contributed by atoms with Crippen LogP contribution < -0.4 is 10.1 Å². The lowest BCUT2D eigenvalue weighted by Gasteiger charge is -2.28. The summed E-state index contributed by atoms with van der Waals surface area (Å²) in [6.07, 6.45) is 1.54. The predicted octanol–water partition coefficient (Wildman–Crippen LogP) is 3.36. The number of hydrogen-bond donors (Lipinski definition) is 1. The van der Waals surface area contributed by atoms with Gasteiger partial charge in [0.2, 0.25) is 5.91 Å². The van der Waals surface area contributed by atoms with Crippen LogP contribution in [0.25, 0.3) is 0 Å². The van der Waals surface area contributed by atoms with Gasteiger partial charge in [0.05, 0.1) is 0 Å². The highest BCUT2D eigenvalue weighted by Gasteiger charge is 2.25. The molecular weight excluding hydrogens is 352 g/mol. The Bertz CT molecular complexity index is 761. The van der Waals surface area contributed by atoms with Crippen LogP contribution in [0.2, 0.25) is 0 Å². The van der Waals surface area contributed by atoms with Gasteiger partial charge in [0.25, 0.3) is 5.91 Å². The second-order valence-corrected chi connectivity index (χ2v) is 6.84. The van der Waals surface area contributed by atoms with E-state index in [9.17, 15) is 9.59 Å². The zero-order valence-electron chi connectivity index (χ0n) is 17.0. The van der Waals surface area contributed by atoms with Gasteiger partial charge in [0.15, 0.2) is 6.61 Å². The number of para-hydroxylation sites is 1. The monoisotopic (exact) mass is 382 g/mol. The molecule has 28 heavy (non-hydrogen) atoms. The highest BCUT2D eigenvalue weighted by Crippen LogP contribution is 2.16. The number of carbonyl (C=O) groups excluding carboxylic acids is 2. The molecule has 150 valence electrons. The third-order valence-corrected chi connectivity index (χ3v) is 4.65. The van der Waals surface area contributed by atoms with Crippen molar-refractivity contribution in [1.82, 2.24) is 10.2 Å². The van der Waals surface area contributed by atoms with Gasteiger partial charge < -0.3 is 15.0 Å². The molecule has 0 aliphatic carbocycles. The van der Waals surface area contributed by atoms with E-state index in [2.05, 4.69) is 5.32 Å². The molecule has 0 heterocycles. The van der Waals surface area contributed by atoms with Crippen LogP contribution in [0.15, 0.2) is 54.6 Å². The Kier molecular flexibility index (Phi) is 8.53. The minimum atomic E-state index is -0.553. The summed E-state index contributed by atoms with van der Waals surface area (Å²) in [5.74, 6) is 0.347. The zero-order valence-corrected chi connectivity index (χ0v) is 17.0. The first-order valence-electron chi connectivity index (χ1n) is 9.82. The first-order valence-corrected chi connectivity index (χ1v) is 9.82. The molecule has 5 nitrogen and oxygen atoms in total. The van der Waals surface area contributed by atoms with E-state index in [1.807, 2.05) is 68.4 Å². The Morgan fingerprint density at radius 2 is 1.75 bits per heavy atom. The third-order valence-electron chi connectivity index (χ3n) is 4.65. The van der Waals surface area contributed by atoms with E-state index in [0.29, 0.717) is 25.3 Å². The number of aryl methyl sites for hydroxylation is 1. The molecule has 0 saturated heterocycles. The molecule has 0 spiro atoms. The zero-order chi connectivity index (χ0) is 20.4. The number of hydrogen-bond acceptors (Lipinski definition) is 3. The molecule has 2 aromatic carbocycles. The fraction of sp³-hybridized carbons (Fsp3) is 0.391. The third kappa shape index (κ3) is 6.41. The number of rotatable bonds is 10. The average Bonchev–Trinajstić information content (AvgIpc) is 2.72. The van der Waals surface area contributed by atoms with Crippen molar-refractivity contribution in [1.29, 1.82) is 0 Å². The Hall–Kier alpha value is -2.82. The van der Waals surface area contributed by atoms with Crippen LogP contribution in [0.5, 0.6) is 5.75 Å². The first-order chi connectivity index (χ1) is 13.5. The fourth-order valence-corrected chi connectivity index (χ4v) is 2.91. The number of nitrogens with zero attached hydrogens (tertiary/aromatic N) is 1. The van der Waals surface area contributed by atoms with Crippen molar-refractivity contribution in [3.05, 3.63) is 65.7 Å². The smallest absolute Gasteiger partial charge is 0.261 e. The van der Waals surface area contributed by atoms with Crippen LogP contribution in [0.1, 0.15) is 31.4 Å². The number of amides is 2. The van der Waals surface area contributed by atoms with Crippen LogP contribution in [0.3, 0.4) is 0 Å². The number of nitrogens with one attached hydrogen (secondary N) is 1. The Morgan fingerprint density at radius 3 is 2.43 bits per heavy atom. The Balaban J connectivity index is 2.05. The van der Waals surface area contributed by atoms with E-state index in [1.165, 1.54) is 0 Å². The van der Waals surface area contributed by atoms with Gasteiger partial charge in [-0.25, -0.2) is 0 Å². The topological polar surface area (TPSA) is 58.6 Å². The molecular formula is C23H30N2O3. The standard InChI is InChI=1S/C23H30N2O3/c1-4-15-24-23(27)19(3)25(16-14-20-11-6-5-7-12-20)22(26)17-28-21-13-9-8-10-18(21)2/h5-13,19H,4,14-17H2,1-3H3,(H,24,27)/t19-/m1/s1. The molecule has 0 bridgehead atoms. The van der Waals surface area contributed by atoms with Gasteiger partial charge in [0, 0.05) is 13.1 Å². The molecule has 0 radical (unpaired) electrons. The minimum Gasteiger partial charge on any atom is -0.484 e. The van der Waals surface area contributed by atoms with Crippen molar-refractivity contribution >= 4 is 11.8 Å². The van der Waals surface area contributed by atoms with Crippen molar-refractivity contribution in [2.75, 3.05) is 19.7 Å². The summed E-state index contributed by atoms with van der Waals surface area (Å²) < 4.78 is 5.72. The molecule has 1 N–H and O–H groups in total. The summed E-state index contributed by atoms with van der Waals surface area (Å²) in [7, 11) is 0. The molecule has 0 aliphatic rings. The molecule has 1 atom stereocenters. The average molecular weight is 383 g/mol. The molecule has 0 unspecified atom stereocenters. The van der Waals surface area contributed by atoms with Crippen LogP contribution in [0.4, 0.5) is 0 Å². The largest absolute Gasteiger partial charge is 0.484 e. The summed E-state index contributed by atoms with van der Waals surface area (Å²) >= 11 is 0. The van der Waals surface area contributed by atoms with E-state index in [-0.39, 0.29) is 18.4 Å². The maximum Gasteiger partial charge on any atom is 0.261 e. The van der Waals surface area contributed by atoms with Gasteiger partial charge in [0.1, 0.15) is 11.8 Å². The molecule has 2 amide bonds. The first kappa shape index (κ1) is 21.5. The molecule has 5 heteroatoms. The van der Waals surface area contributed by atoms with Gasteiger partial charge in [-0.3, -0.25) is 9.59 Å². The van der Waals surface area contributed by atoms with Crippen molar-refractivity contribution in [2.45, 2.75) is 39.7 Å². The molecule has 0 aliphatic heterocycles. The van der Waals surface area contributed by atoms with Crippen molar-refractivity contribution in [2.24, 2.45) is 0 Å². The highest BCUT2D eigenvalue weighted by atomic mass is 16.5. The fourth-order valence-electron chi connectivity index (χ4n) is 2.91. The molecule has 0 saturated carbocycles. The molecule has 2 aromatic rings. The van der Waals surface area contributed by atoms with E-state index in [4.69, 9.17) is 4.74 Å². The van der Waals surface area contributed by atoms with E-state index in [1.54, 1.807) is 11.8 Å². The van der Waals surface area contributed by atoms with Crippen LogP contribution in [0, 0.1) is 6.92 Å². The van der Waals surface area contributed by atoms with Gasteiger partial charge in [-0.15, -0.1) is 0 Å². The minimum absolute atomic E-state index is 0.0922. The van der Waals surface area contributed by atoms with Crippen LogP contribution >= 0.6 is 0 Å². The van der Waals surface area contributed by atoms with Gasteiger partial charge in [-0.1, -0.05) is 55.5 Å². The van der Waals surface area contributed by atoms with Crippen LogP contribution in [-0.4, -0.2) is 42.5 Å². The van der Waals surface area contributed by atoms with Gasteiger partial charge in [-0.2, -0.15) is 0 Å². The summed E-state index contributed by atoms with van der Waals surface area (Å²) in [4.78, 5) is 26.9. The predicted molar refractivity (Wildman–Crippen MR) is 111 cm³/mol. The molecule has 2 rings (SSSR count). The van der Waals surface area contributed by atoms with Crippen LogP contribution in [-0.2, 0) is 16.0 Å². The Morgan fingerprint density at radius 1 is 1.07 bits per heavy atom. The van der Waals surface area contributed by atoms with E-state index >= 15 is 0 Å². The van der Waals surface area contributed by atoms with Crippen molar-refractivity contribution in [3.8, 4) is 5.75 Å². The van der Waals surface area contributed by atoms with Gasteiger partial charge in [-0.05, 0) is 43.9 Å². The maximum atomic E-state index is 12.9. The Labute approximate surface area is 167 Å². The van der Waals surface area contributed by atoms with Crippen molar-refractivity contribution in [3.63, 3.8) is 0 Å². The second-order valence-electron chi connectivity index (χ2n) is 6.84. The summed E-state index contributed by atoms with van der Waals surface area (Å²) in [5.41, 5.74) is 2.10. The summed E-state index contributed by atoms with van der Waals surface area (Å²) in [5, 5.41) is 2.87. The lowest BCUT2D eigenvalue weighted by atomic mass is 10.1. The van der Waals surface area contributed by atoms with Crippen molar-refractivity contribution < 1.29 is 14.3 Å². The lowest BCUT2D eigenvalue weighted by Crippen LogP contribution is -2.50. The SMILES string of the molecule is CCCNC(=O)[C@@H](C)N(CCc1ccccc1)C(=O)COc1ccccc1C. The van der Waals surface area contributed by atoms with E-state index in [0.717, 1.165) is 17.5 Å². The van der Waals surface area contributed by atoms with E-state index < -0.39 is 6.04 Å². The lowest BCUT2D eigenvalue weighted by molar-refractivity contribution is -0.141. The number of ether oxygens (including phenoxy) is 1. The highest BCUT2D eigenvalue weighted by molar-refractivity contribution is 5.88. The second kappa shape index (κ2) is 11.1. The summed E-state index contributed by atoms with van der Waals surface area (Å²) in [6, 6.07) is 17.0. The quantitative estimate of drug-likeness (QED) is 0.685. The maximum absolute atomic E-state index is 12.9. The molecule has 0 aromatic heterocycles. The number of carbonyl (C=O) groups is 2.